The largest absolute Gasteiger partial charge is 0.332 e. The van der Waals surface area contributed by atoms with E-state index in [4.69, 9.17) is 5.73 Å². The zero-order chi connectivity index (χ0) is 11.9. The number of carbonyl (C=O) groups excluding carboxylic acids is 1. The van der Waals surface area contributed by atoms with Gasteiger partial charge in [-0.1, -0.05) is 12.1 Å². The highest BCUT2D eigenvalue weighted by Gasteiger charge is 2.47. The monoisotopic (exact) mass is 231 g/mol. The topological polar surface area (TPSA) is 58.4 Å². The average molecular weight is 231 g/mol. The summed E-state index contributed by atoms with van der Waals surface area (Å²) in [6, 6.07) is 7.92. The summed E-state index contributed by atoms with van der Waals surface area (Å²) < 4.78 is 0. The van der Waals surface area contributed by atoms with Crippen LogP contribution in [0.2, 0.25) is 0 Å². The van der Waals surface area contributed by atoms with E-state index in [0.29, 0.717) is 6.54 Å². The number of amides is 2. The van der Waals surface area contributed by atoms with Crippen LogP contribution in [0.1, 0.15) is 24.8 Å². The fourth-order valence-corrected chi connectivity index (χ4v) is 2.37. The summed E-state index contributed by atoms with van der Waals surface area (Å²) in [5.41, 5.74) is 7.74. The van der Waals surface area contributed by atoms with Gasteiger partial charge >= 0.3 is 6.03 Å². The number of anilines is 1. The molecule has 3 rings (SSSR count). The molecule has 4 heteroatoms. The van der Waals surface area contributed by atoms with Crippen molar-refractivity contribution in [3.8, 4) is 0 Å². The number of nitrogens with two attached hydrogens (primary N) is 1. The van der Waals surface area contributed by atoms with Crippen molar-refractivity contribution in [2.75, 3.05) is 11.4 Å². The molecule has 3 N–H and O–H groups in total. The second kappa shape index (κ2) is 3.74. The third-order valence-corrected chi connectivity index (χ3v) is 3.77. The zero-order valence-corrected chi connectivity index (χ0v) is 9.78. The standard InChI is InChI=1S/C13H17N3O/c14-9-10-1-3-11(4-2-10)16-8-7-13(5-6-13)15-12(16)17/h1-4H,5-9,14H2,(H,15,17). The van der Waals surface area contributed by atoms with Crippen LogP contribution in [-0.2, 0) is 6.54 Å². The second-order valence-electron chi connectivity index (χ2n) is 4.98. The molecule has 0 bridgehead atoms. The number of nitrogens with zero attached hydrogens (tertiary/aromatic N) is 1. The molecule has 0 unspecified atom stereocenters. The summed E-state index contributed by atoms with van der Waals surface area (Å²) >= 11 is 0. The lowest BCUT2D eigenvalue weighted by atomic mass is 10.1. The minimum atomic E-state index is 0.0363. The highest BCUT2D eigenvalue weighted by molar-refractivity contribution is 5.93. The number of hydrogen-bond donors (Lipinski definition) is 2. The van der Waals surface area contributed by atoms with Crippen LogP contribution >= 0.6 is 0 Å². The first-order chi connectivity index (χ1) is 8.22. The Morgan fingerprint density at radius 1 is 1.24 bits per heavy atom. The predicted molar refractivity (Wildman–Crippen MR) is 66.8 cm³/mol. The van der Waals surface area contributed by atoms with Crippen molar-refractivity contribution in [3.05, 3.63) is 29.8 Å². The summed E-state index contributed by atoms with van der Waals surface area (Å²) in [5, 5.41) is 3.11. The van der Waals surface area contributed by atoms with Crippen LogP contribution in [0.5, 0.6) is 0 Å². The van der Waals surface area contributed by atoms with Crippen LogP contribution in [0.3, 0.4) is 0 Å². The molecule has 1 aromatic rings. The molecule has 17 heavy (non-hydrogen) atoms. The van der Waals surface area contributed by atoms with Gasteiger partial charge in [-0.05, 0) is 37.0 Å². The lowest BCUT2D eigenvalue weighted by Crippen LogP contribution is -2.53. The Morgan fingerprint density at radius 3 is 2.47 bits per heavy atom. The number of rotatable bonds is 2. The summed E-state index contributed by atoms with van der Waals surface area (Å²) in [4.78, 5) is 13.8. The van der Waals surface area contributed by atoms with E-state index in [1.807, 2.05) is 29.2 Å². The van der Waals surface area contributed by atoms with E-state index < -0.39 is 0 Å². The maximum absolute atomic E-state index is 12.0. The molecule has 1 aliphatic heterocycles. The van der Waals surface area contributed by atoms with Gasteiger partial charge in [0.05, 0.1) is 0 Å². The number of carbonyl (C=O) groups is 1. The quantitative estimate of drug-likeness (QED) is 0.812. The smallest absolute Gasteiger partial charge is 0.322 e. The van der Waals surface area contributed by atoms with Crippen LogP contribution in [0.4, 0.5) is 10.5 Å². The van der Waals surface area contributed by atoms with E-state index in [2.05, 4.69) is 5.32 Å². The Bertz CT molecular complexity index is 436. The maximum Gasteiger partial charge on any atom is 0.322 e. The summed E-state index contributed by atoms with van der Waals surface area (Å²) in [5.74, 6) is 0. The van der Waals surface area contributed by atoms with Crippen molar-refractivity contribution in [2.45, 2.75) is 31.3 Å². The SMILES string of the molecule is NCc1ccc(N2CCC3(CC3)NC2=O)cc1. The van der Waals surface area contributed by atoms with Gasteiger partial charge in [0, 0.05) is 24.3 Å². The molecule has 2 amide bonds. The molecule has 1 aliphatic carbocycles. The van der Waals surface area contributed by atoms with E-state index in [1.54, 1.807) is 0 Å². The van der Waals surface area contributed by atoms with Gasteiger partial charge in [0.15, 0.2) is 0 Å². The maximum atomic E-state index is 12.0. The van der Waals surface area contributed by atoms with Crippen molar-refractivity contribution in [1.29, 1.82) is 0 Å². The van der Waals surface area contributed by atoms with Gasteiger partial charge in [0.1, 0.15) is 0 Å². The van der Waals surface area contributed by atoms with Gasteiger partial charge in [-0.25, -0.2) is 4.79 Å². The average Bonchev–Trinajstić information content (AvgIpc) is 3.09. The van der Waals surface area contributed by atoms with Crippen molar-refractivity contribution in [2.24, 2.45) is 5.73 Å². The molecule has 1 saturated carbocycles. The molecule has 0 aromatic heterocycles. The van der Waals surface area contributed by atoms with E-state index in [0.717, 1.165) is 37.1 Å². The molecule has 90 valence electrons. The third kappa shape index (κ3) is 1.89. The van der Waals surface area contributed by atoms with Crippen LogP contribution < -0.4 is 16.0 Å². The molecule has 1 saturated heterocycles. The molecule has 0 atom stereocenters. The van der Waals surface area contributed by atoms with Gasteiger partial charge < -0.3 is 11.1 Å². The predicted octanol–water partition coefficient (Wildman–Crippen LogP) is 1.60. The highest BCUT2D eigenvalue weighted by atomic mass is 16.2. The lowest BCUT2D eigenvalue weighted by Gasteiger charge is -2.33. The molecular weight excluding hydrogens is 214 g/mol. The first-order valence-electron chi connectivity index (χ1n) is 6.11. The van der Waals surface area contributed by atoms with Crippen molar-refractivity contribution in [1.82, 2.24) is 5.32 Å². The normalized spacial score (nSPS) is 21.5. The molecule has 1 heterocycles. The molecular formula is C13H17N3O. The number of urea groups is 1. The van der Waals surface area contributed by atoms with E-state index >= 15 is 0 Å². The summed E-state index contributed by atoms with van der Waals surface area (Å²) in [6.07, 6.45) is 3.33. The van der Waals surface area contributed by atoms with Crippen molar-refractivity contribution >= 4 is 11.7 Å². The summed E-state index contributed by atoms with van der Waals surface area (Å²) in [7, 11) is 0. The van der Waals surface area contributed by atoms with Crippen molar-refractivity contribution < 1.29 is 4.79 Å². The van der Waals surface area contributed by atoms with Gasteiger partial charge in [0.2, 0.25) is 0 Å². The molecule has 1 spiro atoms. The van der Waals surface area contributed by atoms with Gasteiger partial charge in [0.25, 0.3) is 0 Å². The number of nitrogens with one attached hydrogen (secondary N) is 1. The fraction of sp³-hybridized carbons (Fsp3) is 0.462. The van der Waals surface area contributed by atoms with Crippen LogP contribution in [0.25, 0.3) is 0 Å². The lowest BCUT2D eigenvalue weighted by molar-refractivity contribution is 0.234. The minimum absolute atomic E-state index is 0.0363. The Morgan fingerprint density at radius 2 is 1.94 bits per heavy atom. The Balaban J connectivity index is 1.77. The van der Waals surface area contributed by atoms with Gasteiger partial charge in [-0.15, -0.1) is 0 Å². The minimum Gasteiger partial charge on any atom is -0.332 e. The van der Waals surface area contributed by atoms with E-state index in [9.17, 15) is 4.79 Å². The number of hydrogen-bond acceptors (Lipinski definition) is 2. The Hall–Kier alpha value is -1.55. The first-order valence-corrected chi connectivity index (χ1v) is 6.11. The van der Waals surface area contributed by atoms with Crippen LogP contribution in [-0.4, -0.2) is 18.1 Å². The second-order valence-corrected chi connectivity index (χ2v) is 4.98. The zero-order valence-electron chi connectivity index (χ0n) is 9.78. The number of benzene rings is 1. The highest BCUT2D eigenvalue weighted by Crippen LogP contribution is 2.41. The molecule has 2 fully saturated rings. The third-order valence-electron chi connectivity index (χ3n) is 3.77. The molecule has 2 aliphatic rings. The molecule has 4 nitrogen and oxygen atoms in total. The molecule has 0 radical (unpaired) electrons. The van der Waals surface area contributed by atoms with Gasteiger partial charge in [-0.2, -0.15) is 0 Å². The van der Waals surface area contributed by atoms with E-state index in [1.165, 1.54) is 0 Å². The van der Waals surface area contributed by atoms with Crippen LogP contribution in [0.15, 0.2) is 24.3 Å². The Kier molecular flexibility index (Phi) is 2.33. The first kappa shape index (κ1) is 10.6. The molecule has 1 aromatic carbocycles. The van der Waals surface area contributed by atoms with Crippen molar-refractivity contribution in [3.63, 3.8) is 0 Å². The fourth-order valence-electron chi connectivity index (χ4n) is 2.37. The van der Waals surface area contributed by atoms with E-state index in [-0.39, 0.29) is 11.6 Å². The van der Waals surface area contributed by atoms with Gasteiger partial charge in [-0.3, -0.25) is 4.90 Å². The summed E-state index contributed by atoms with van der Waals surface area (Å²) in [6.45, 7) is 1.35. The van der Waals surface area contributed by atoms with Crippen LogP contribution in [0, 0.1) is 0 Å². The Labute approximate surface area is 101 Å².